The number of rotatable bonds is 5. The van der Waals surface area contributed by atoms with Gasteiger partial charge < -0.3 is 5.73 Å². The van der Waals surface area contributed by atoms with E-state index in [1.165, 1.54) is 17.9 Å². The minimum atomic E-state index is 0.511. The average molecular weight is 257 g/mol. The highest BCUT2D eigenvalue weighted by Gasteiger charge is 2.27. The Morgan fingerprint density at radius 2 is 2.56 bits per heavy atom. The predicted molar refractivity (Wildman–Crippen MR) is 71.9 cm³/mol. The number of nitrogens with two attached hydrogens (primary N) is 1. The highest BCUT2D eigenvalue weighted by atomic mass is 32.2. The van der Waals surface area contributed by atoms with Crippen LogP contribution in [0.2, 0.25) is 0 Å². The van der Waals surface area contributed by atoms with Gasteiger partial charge in [-0.2, -0.15) is 11.8 Å². The van der Waals surface area contributed by atoms with Crippen molar-refractivity contribution in [2.75, 3.05) is 25.1 Å². The van der Waals surface area contributed by atoms with Crippen LogP contribution in [0.15, 0.2) is 10.9 Å². The van der Waals surface area contributed by atoms with Gasteiger partial charge in [-0.15, -0.1) is 11.3 Å². The summed E-state index contributed by atoms with van der Waals surface area (Å²) in [5.41, 5.74) is 8.97. The molecule has 2 N–H and O–H groups in total. The molecule has 2 rings (SSSR count). The van der Waals surface area contributed by atoms with E-state index in [0.717, 1.165) is 24.7 Å². The number of aromatic nitrogens is 1. The molecular formula is C11H19N3S2. The topological polar surface area (TPSA) is 42.2 Å². The first-order valence-corrected chi connectivity index (χ1v) is 7.76. The highest BCUT2D eigenvalue weighted by molar-refractivity contribution is 7.99. The first kappa shape index (κ1) is 12.4. The van der Waals surface area contributed by atoms with Crippen molar-refractivity contribution in [2.45, 2.75) is 19.0 Å². The molecule has 1 fully saturated rings. The first-order chi connectivity index (χ1) is 7.81. The second-order valence-corrected chi connectivity index (χ2v) is 6.19. The number of nitrogens with zero attached hydrogens (tertiary/aromatic N) is 2. The van der Waals surface area contributed by atoms with Crippen LogP contribution in [0.4, 0.5) is 0 Å². The summed E-state index contributed by atoms with van der Waals surface area (Å²) in [6, 6.07) is 0.511. The van der Waals surface area contributed by atoms with E-state index >= 15 is 0 Å². The Bertz CT molecular complexity index is 296. The van der Waals surface area contributed by atoms with Gasteiger partial charge in [-0.25, -0.2) is 4.98 Å². The lowest BCUT2D eigenvalue weighted by atomic mass is 9.98. The Balaban J connectivity index is 1.92. The van der Waals surface area contributed by atoms with Crippen LogP contribution in [0.1, 0.15) is 12.1 Å². The second kappa shape index (κ2) is 6.00. The van der Waals surface area contributed by atoms with Crippen molar-refractivity contribution >= 4 is 23.1 Å². The molecule has 0 saturated carbocycles. The molecule has 0 radical (unpaired) electrons. The van der Waals surface area contributed by atoms with Gasteiger partial charge in [0.05, 0.1) is 11.2 Å². The van der Waals surface area contributed by atoms with E-state index in [9.17, 15) is 0 Å². The molecule has 0 bridgehead atoms. The van der Waals surface area contributed by atoms with Gasteiger partial charge in [-0.1, -0.05) is 0 Å². The third-order valence-corrected chi connectivity index (χ3v) is 5.04. The minimum absolute atomic E-state index is 0.511. The molecule has 16 heavy (non-hydrogen) atoms. The van der Waals surface area contributed by atoms with Crippen LogP contribution in [-0.2, 0) is 6.54 Å². The summed E-state index contributed by atoms with van der Waals surface area (Å²) in [5.74, 6) is 3.33. The lowest BCUT2D eigenvalue weighted by Gasteiger charge is -2.30. The van der Waals surface area contributed by atoms with Gasteiger partial charge >= 0.3 is 0 Å². The molecule has 1 aromatic rings. The Labute approximate surface area is 105 Å². The van der Waals surface area contributed by atoms with Gasteiger partial charge in [0.2, 0.25) is 0 Å². The van der Waals surface area contributed by atoms with Crippen LogP contribution in [0.25, 0.3) is 0 Å². The van der Waals surface area contributed by atoms with Crippen molar-refractivity contribution in [3.63, 3.8) is 0 Å². The lowest BCUT2D eigenvalue weighted by molar-refractivity contribution is 0.182. The smallest absolute Gasteiger partial charge is 0.0795 e. The van der Waals surface area contributed by atoms with E-state index < -0.39 is 0 Å². The quantitative estimate of drug-likeness (QED) is 0.871. The van der Waals surface area contributed by atoms with Crippen molar-refractivity contribution in [2.24, 2.45) is 11.7 Å². The van der Waals surface area contributed by atoms with Crippen LogP contribution >= 0.6 is 23.1 Å². The van der Waals surface area contributed by atoms with Gasteiger partial charge in [0.15, 0.2) is 0 Å². The van der Waals surface area contributed by atoms with Gasteiger partial charge in [-0.3, -0.25) is 4.90 Å². The summed E-state index contributed by atoms with van der Waals surface area (Å²) in [6.45, 7) is 1.68. The fraction of sp³-hybridized carbons (Fsp3) is 0.727. The molecule has 1 aromatic heterocycles. The lowest BCUT2D eigenvalue weighted by Crippen LogP contribution is -2.43. The van der Waals surface area contributed by atoms with E-state index in [2.05, 4.69) is 34.1 Å². The highest BCUT2D eigenvalue weighted by Crippen LogP contribution is 2.28. The molecule has 90 valence electrons. The fourth-order valence-corrected chi connectivity index (χ4v) is 4.15. The molecule has 1 aliphatic heterocycles. The Morgan fingerprint density at radius 1 is 1.69 bits per heavy atom. The average Bonchev–Trinajstić information content (AvgIpc) is 2.91. The second-order valence-electron chi connectivity index (χ2n) is 4.32. The molecule has 1 aliphatic rings. The van der Waals surface area contributed by atoms with E-state index in [1.54, 1.807) is 11.3 Å². The maximum absolute atomic E-state index is 5.91. The van der Waals surface area contributed by atoms with E-state index in [0.29, 0.717) is 6.04 Å². The molecule has 2 heterocycles. The van der Waals surface area contributed by atoms with Crippen LogP contribution in [0.3, 0.4) is 0 Å². The number of hydrogen-bond acceptors (Lipinski definition) is 5. The van der Waals surface area contributed by atoms with Crippen LogP contribution in [0.5, 0.6) is 0 Å². The molecule has 0 amide bonds. The van der Waals surface area contributed by atoms with E-state index in [4.69, 9.17) is 5.73 Å². The molecular weight excluding hydrogens is 238 g/mol. The van der Waals surface area contributed by atoms with Crippen molar-refractivity contribution in [3.05, 3.63) is 16.6 Å². The Kier molecular flexibility index (Phi) is 4.64. The monoisotopic (exact) mass is 257 g/mol. The van der Waals surface area contributed by atoms with Crippen LogP contribution in [-0.4, -0.2) is 41.0 Å². The van der Waals surface area contributed by atoms with Crippen molar-refractivity contribution in [1.29, 1.82) is 0 Å². The van der Waals surface area contributed by atoms with Crippen LogP contribution in [0, 0.1) is 5.92 Å². The Hall–Kier alpha value is -0.100. The molecule has 0 spiro atoms. The number of likely N-dealkylation sites (N-methyl/N-ethyl adjacent to an activating group) is 1. The predicted octanol–water partition coefficient (Wildman–Crippen LogP) is 1.66. The van der Waals surface area contributed by atoms with Crippen molar-refractivity contribution in [1.82, 2.24) is 9.88 Å². The summed E-state index contributed by atoms with van der Waals surface area (Å²) in [4.78, 5) is 6.70. The standard InChI is InChI=1S/C11H19N3S2/c1-14(5-10-7-16-8-13-10)11(4-12)9-2-3-15-6-9/h7-9,11H,2-6,12H2,1H3. The minimum Gasteiger partial charge on any atom is -0.329 e. The van der Waals surface area contributed by atoms with Crippen LogP contribution < -0.4 is 5.73 Å². The third-order valence-electron chi connectivity index (χ3n) is 3.21. The summed E-state index contributed by atoms with van der Waals surface area (Å²) in [6.07, 6.45) is 1.31. The molecule has 5 heteroatoms. The summed E-state index contributed by atoms with van der Waals surface area (Å²) < 4.78 is 0. The number of thioether (sulfide) groups is 1. The summed E-state index contributed by atoms with van der Waals surface area (Å²) >= 11 is 3.72. The molecule has 0 aliphatic carbocycles. The maximum Gasteiger partial charge on any atom is 0.0795 e. The van der Waals surface area contributed by atoms with Crippen molar-refractivity contribution in [3.8, 4) is 0 Å². The number of thiazole rings is 1. The van der Waals surface area contributed by atoms with E-state index in [1.807, 2.05) is 5.51 Å². The molecule has 3 nitrogen and oxygen atoms in total. The molecule has 2 unspecified atom stereocenters. The largest absolute Gasteiger partial charge is 0.329 e. The maximum atomic E-state index is 5.91. The van der Waals surface area contributed by atoms with Gasteiger partial charge in [0.25, 0.3) is 0 Å². The van der Waals surface area contributed by atoms with Gasteiger partial charge in [0.1, 0.15) is 0 Å². The van der Waals surface area contributed by atoms with Crippen molar-refractivity contribution < 1.29 is 0 Å². The molecule has 2 atom stereocenters. The third kappa shape index (κ3) is 2.97. The Morgan fingerprint density at radius 3 is 3.12 bits per heavy atom. The fourth-order valence-electron chi connectivity index (χ4n) is 2.28. The zero-order valence-electron chi connectivity index (χ0n) is 9.63. The number of hydrogen-bond donors (Lipinski definition) is 1. The zero-order chi connectivity index (χ0) is 11.4. The normalized spacial score (nSPS) is 22.8. The summed E-state index contributed by atoms with van der Waals surface area (Å²) in [7, 11) is 2.17. The van der Waals surface area contributed by atoms with E-state index in [-0.39, 0.29) is 0 Å². The van der Waals surface area contributed by atoms with Gasteiger partial charge in [0, 0.05) is 24.5 Å². The molecule has 0 aromatic carbocycles. The summed E-state index contributed by atoms with van der Waals surface area (Å²) in [5, 5.41) is 2.12. The first-order valence-electron chi connectivity index (χ1n) is 5.66. The SMILES string of the molecule is CN(Cc1cscn1)C(CN)C1CCSC1. The van der Waals surface area contributed by atoms with Gasteiger partial charge in [-0.05, 0) is 30.9 Å². The zero-order valence-corrected chi connectivity index (χ0v) is 11.3. The molecule has 1 saturated heterocycles.